The molecule has 5 aliphatic rings. The number of Topliss-reactive ketones (excluding diaryl/α,β-unsaturated/α-hetero) is 1. The van der Waals surface area contributed by atoms with Crippen LogP contribution in [0.4, 0.5) is 0 Å². The van der Waals surface area contributed by atoms with Crippen LogP contribution in [0.2, 0.25) is 0 Å². The fourth-order valence-corrected chi connectivity index (χ4v) is 8.08. The van der Waals surface area contributed by atoms with Crippen molar-refractivity contribution in [1.82, 2.24) is 0 Å². The lowest BCUT2D eigenvalue weighted by molar-refractivity contribution is -0.162. The van der Waals surface area contributed by atoms with Crippen LogP contribution in [0.15, 0.2) is 0 Å². The Labute approximate surface area is 134 Å². The van der Waals surface area contributed by atoms with Crippen LogP contribution in [0.25, 0.3) is 0 Å². The van der Waals surface area contributed by atoms with Crippen molar-refractivity contribution in [2.75, 3.05) is 6.61 Å². The summed E-state index contributed by atoms with van der Waals surface area (Å²) in [6.07, 6.45) is 10.2. The number of ether oxygens (including phenoxy) is 1. The number of rotatable bonds is 0. The highest BCUT2D eigenvalue weighted by atomic mass is 16.6. The predicted octanol–water partition coefficient (Wildman–Crippen LogP) is 4.37. The number of epoxide rings is 1. The molecule has 6 atom stereocenters. The highest BCUT2D eigenvalue weighted by molar-refractivity contribution is 5.98. The molecule has 1 heterocycles. The molecule has 4 saturated carbocycles. The minimum Gasteiger partial charge on any atom is -0.361 e. The van der Waals surface area contributed by atoms with E-state index in [0.717, 1.165) is 25.4 Å². The second-order valence-corrected chi connectivity index (χ2v) is 10.1. The summed E-state index contributed by atoms with van der Waals surface area (Å²) in [6.45, 7) is 8.26. The minimum atomic E-state index is -0.303. The highest BCUT2D eigenvalue weighted by Crippen LogP contribution is 2.73. The smallest absolute Gasteiger partial charge is 0.173 e. The minimum absolute atomic E-state index is 0.00190. The van der Waals surface area contributed by atoms with E-state index >= 15 is 0 Å². The standard InChI is InChI=1S/C20H30O2/c1-17(2)8-4-9-18(3)14(17)7-10-19-11-13(5-6-15(18)19)20(12-22-20)16(19)21/h13-15H,4-12H2,1-3H3. The Kier molecular flexibility index (Phi) is 2.43. The number of ketones is 1. The van der Waals surface area contributed by atoms with Gasteiger partial charge >= 0.3 is 0 Å². The summed E-state index contributed by atoms with van der Waals surface area (Å²) < 4.78 is 5.79. The van der Waals surface area contributed by atoms with E-state index in [1.54, 1.807) is 0 Å². The van der Waals surface area contributed by atoms with E-state index in [-0.39, 0.29) is 11.0 Å². The van der Waals surface area contributed by atoms with Crippen molar-refractivity contribution in [2.45, 2.75) is 77.7 Å². The summed E-state index contributed by atoms with van der Waals surface area (Å²) in [5, 5.41) is 0. The first-order valence-electron chi connectivity index (χ1n) is 9.54. The fraction of sp³-hybridized carbons (Fsp3) is 0.950. The lowest BCUT2D eigenvalue weighted by Gasteiger charge is -2.63. The molecule has 6 unspecified atom stereocenters. The zero-order valence-corrected chi connectivity index (χ0v) is 14.4. The predicted molar refractivity (Wildman–Crippen MR) is 85.4 cm³/mol. The van der Waals surface area contributed by atoms with E-state index in [9.17, 15) is 4.79 Å². The van der Waals surface area contributed by atoms with Crippen molar-refractivity contribution in [2.24, 2.45) is 34.0 Å². The summed E-state index contributed by atoms with van der Waals surface area (Å²) in [7, 11) is 0. The molecule has 5 rings (SSSR count). The molecule has 4 aliphatic carbocycles. The van der Waals surface area contributed by atoms with E-state index in [4.69, 9.17) is 4.74 Å². The average Bonchev–Trinajstić information content (AvgIpc) is 3.24. The molecule has 1 aliphatic heterocycles. The molecule has 0 aromatic heterocycles. The first kappa shape index (κ1) is 14.0. The SMILES string of the molecule is CC1(C)CCCC2(C)C1CCC13CC(CCC12)C1(CO1)C3=O. The van der Waals surface area contributed by atoms with Gasteiger partial charge in [-0.1, -0.05) is 27.2 Å². The molecule has 2 heteroatoms. The van der Waals surface area contributed by atoms with Gasteiger partial charge in [-0.25, -0.2) is 0 Å². The van der Waals surface area contributed by atoms with Gasteiger partial charge in [-0.3, -0.25) is 4.79 Å². The maximum atomic E-state index is 13.4. The lowest BCUT2D eigenvalue weighted by atomic mass is 9.41. The largest absolute Gasteiger partial charge is 0.361 e. The quantitative estimate of drug-likeness (QED) is 0.622. The van der Waals surface area contributed by atoms with E-state index in [2.05, 4.69) is 20.8 Å². The third kappa shape index (κ3) is 1.37. The van der Waals surface area contributed by atoms with Crippen LogP contribution in [-0.4, -0.2) is 18.0 Å². The van der Waals surface area contributed by atoms with Crippen molar-refractivity contribution in [3.63, 3.8) is 0 Å². The third-order valence-corrected chi connectivity index (χ3v) is 8.98. The lowest BCUT2D eigenvalue weighted by Crippen LogP contribution is -2.57. The van der Waals surface area contributed by atoms with Crippen molar-refractivity contribution in [3.8, 4) is 0 Å². The van der Waals surface area contributed by atoms with E-state index < -0.39 is 0 Å². The highest BCUT2D eigenvalue weighted by Gasteiger charge is 2.76. The molecule has 2 nitrogen and oxygen atoms in total. The maximum Gasteiger partial charge on any atom is 0.173 e. The molecule has 0 aromatic carbocycles. The van der Waals surface area contributed by atoms with Crippen LogP contribution in [0.3, 0.4) is 0 Å². The van der Waals surface area contributed by atoms with Crippen molar-refractivity contribution in [3.05, 3.63) is 0 Å². The van der Waals surface area contributed by atoms with Gasteiger partial charge in [0.15, 0.2) is 11.4 Å². The summed E-state index contributed by atoms with van der Waals surface area (Å²) in [6, 6.07) is 0. The van der Waals surface area contributed by atoms with Crippen LogP contribution in [-0.2, 0) is 9.53 Å². The topological polar surface area (TPSA) is 29.6 Å². The third-order valence-electron chi connectivity index (χ3n) is 8.98. The molecule has 5 fully saturated rings. The first-order valence-corrected chi connectivity index (χ1v) is 9.54. The average molecular weight is 302 g/mol. The second-order valence-electron chi connectivity index (χ2n) is 10.1. The summed E-state index contributed by atoms with van der Waals surface area (Å²) in [5.41, 5.74) is 0.544. The number of carbonyl (C=O) groups excluding carboxylic acids is 1. The number of hydrogen-bond acceptors (Lipinski definition) is 2. The first-order chi connectivity index (χ1) is 10.4. The molecule has 2 bridgehead atoms. The van der Waals surface area contributed by atoms with Gasteiger partial charge in [0.25, 0.3) is 0 Å². The number of carbonyl (C=O) groups is 1. The summed E-state index contributed by atoms with van der Waals surface area (Å²) >= 11 is 0. The number of fused-ring (bicyclic) bond motifs is 4. The second kappa shape index (κ2) is 3.82. The Morgan fingerprint density at radius 3 is 2.50 bits per heavy atom. The van der Waals surface area contributed by atoms with Crippen molar-refractivity contribution in [1.29, 1.82) is 0 Å². The Morgan fingerprint density at radius 2 is 1.77 bits per heavy atom. The van der Waals surface area contributed by atoms with Crippen LogP contribution in [0.5, 0.6) is 0 Å². The van der Waals surface area contributed by atoms with Gasteiger partial charge in [0, 0.05) is 5.41 Å². The fourth-order valence-electron chi connectivity index (χ4n) is 8.08. The molecule has 1 saturated heterocycles. The Balaban J connectivity index is 1.60. The van der Waals surface area contributed by atoms with Gasteiger partial charge in [0.1, 0.15) is 0 Å². The normalized spacial score (nSPS) is 58.3. The molecule has 0 aromatic rings. The van der Waals surface area contributed by atoms with E-state index in [0.29, 0.717) is 28.4 Å². The molecule has 2 spiro atoms. The molecular formula is C20H30O2. The monoisotopic (exact) mass is 302 g/mol. The van der Waals surface area contributed by atoms with E-state index in [1.165, 1.54) is 38.5 Å². The van der Waals surface area contributed by atoms with Gasteiger partial charge in [-0.15, -0.1) is 0 Å². The zero-order valence-electron chi connectivity index (χ0n) is 14.4. The van der Waals surface area contributed by atoms with Gasteiger partial charge in [-0.2, -0.15) is 0 Å². The molecule has 22 heavy (non-hydrogen) atoms. The van der Waals surface area contributed by atoms with Gasteiger partial charge in [0.2, 0.25) is 0 Å². The molecule has 0 radical (unpaired) electrons. The maximum absolute atomic E-state index is 13.4. The Morgan fingerprint density at radius 1 is 1.00 bits per heavy atom. The van der Waals surface area contributed by atoms with Crippen LogP contribution >= 0.6 is 0 Å². The Hall–Kier alpha value is -0.370. The van der Waals surface area contributed by atoms with Gasteiger partial charge < -0.3 is 4.74 Å². The van der Waals surface area contributed by atoms with Crippen LogP contribution in [0.1, 0.15) is 72.1 Å². The molecule has 0 N–H and O–H groups in total. The van der Waals surface area contributed by atoms with Gasteiger partial charge in [-0.05, 0) is 73.5 Å². The summed E-state index contributed by atoms with van der Waals surface area (Å²) in [5.74, 6) is 2.53. The molecular weight excluding hydrogens is 272 g/mol. The summed E-state index contributed by atoms with van der Waals surface area (Å²) in [4.78, 5) is 13.4. The molecule has 0 amide bonds. The van der Waals surface area contributed by atoms with Crippen molar-refractivity contribution < 1.29 is 9.53 Å². The van der Waals surface area contributed by atoms with Gasteiger partial charge in [0.05, 0.1) is 6.61 Å². The van der Waals surface area contributed by atoms with Crippen molar-refractivity contribution >= 4 is 5.78 Å². The van der Waals surface area contributed by atoms with Crippen LogP contribution < -0.4 is 0 Å². The van der Waals surface area contributed by atoms with E-state index in [1.807, 2.05) is 0 Å². The Bertz CT molecular complexity index is 546. The van der Waals surface area contributed by atoms with Crippen LogP contribution in [0, 0.1) is 34.0 Å². The number of hydrogen-bond donors (Lipinski definition) is 0. The zero-order chi connectivity index (χ0) is 15.4. The molecule has 122 valence electrons.